The van der Waals surface area contributed by atoms with Crippen molar-refractivity contribution in [2.45, 2.75) is 32.4 Å². The first kappa shape index (κ1) is 17.6. The van der Waals surface area contributed by atoms with Crippen molar-refractivity contribution in [2.75, 3.05) is 14.2 Å². The molecule has 0 aliphatic carbocycles. The van der Waals surface area contributed by atoms with Crippen LogP contribution >= 0.6 is 0 Å². The van der Waals surface area contributed by atoms with Gasteiger partial charge in [-0.1, -0.05) is 6.07 Å². The summed E-state index contributed by atoms with van der Waals surface area (Å²) in [6.07, 6.45) is -0.755. The molecule has 1 rings (SSSR count). The largest absolute Gasteiger partial charge is 0.504 e. The molecule has 1 aromatic rings. The standard InChI is InChI=1S/C15H21NO6/c1-15(2,3)22-14(19)16-12(13(18)21-5)9-6-7-10(17)11(8-9)20-4/h6-8,12,17H,1-5H3,(H,16,19)/t12-/m1/s1. The maximum atomic E-state index is 11.9. The van der Waals surface area contributed by atoms with Crippen molar-refractivity contribution >= 4 is 12.1 Å². The number of alkyl carbamates (subject to hydrolysis) is 1. The summed E-state index contributed by atoms with van der Waals surface area (Å²) in [5.41, 5.74) is -0.301. The fourth-order valence-electron chi connectivity index (χ4n) is 1.70. The molecule has 0 unspecified atom stereocenters. The molecule has 7 nitrogen and oxygen atoms in total. The van der Waals surface area contributed by atoms with Gasteiger partial charge in [0, 0.05) is 0 Å². The lowest BCUT2D eigenvalue weighted by Crippen LogP contribution is -2.38. The van der Waals surface area contributed by atoms with Gasteiger partial charge in [0.25, 0.3) is 0 Å². The van der Waals surface area contributed by atoms with Crippen LogP contribution in [0.5, 0.6) is 11.5 Å². The van der Waals surface area contributed by atoms with Crippen molar-refractivity contribution in [2.24, 2.45) is 0 Å². The van der Waals surface area contributed by atoms with E-state index in [1.54, 1.807) is 20.8 Å². The first-order chi connectivity index (χ1) is 10.2. The van der Waals surface area contributed by atoms with Gasteiger partial charge in [-0.15, -0.1) is 0 Å². The molecule has 1 amide bonds. The van der Waals surface area contributed by atoms with E-state index in [4.69, 9.17) is 9.47 Å². The number of carbonyl (C=O) groups excluding carboxylic acids is 2. The fraction of sp³-hybridized carbons (Fsp3) is 0.467. The maximum Gasteiger partial charge on any atom is 0.408 e. The molecule has 0 aliphatic rings. The Hall–Kier alpha value is -2.44. The van der Waals surface area contributed by atoms with Crippen LogP contribution in [0.3, 0.4) is 0 Å². The molecule has 0 bridgehead atoms. The third-order valence-electron chi connectivity index (χ3n) is 2.64. The van der Waals surface area contributed by atoms with Crippen molar-refractivity contribution in [3.8, 4) is 11.5 Å². The van der Waals surface area contributed by atoms with Crippen LogP contribution in [0.15, 0.2) is 18.2 Å². The SMILES string of the molecule is COC(=O)[C@H](NC(=O)OC(C)(C)C)c1ccc(O)c(OC)c1. The van der Waals surface area contributed by atoms with E-state index in [1.807, 2.05) is 0 Å². The third-order valence-corrected chi connectivity index (χ3v) is 2.64. The van der Waals surface area contributed by atoms with Gasteiger partial charge in [-0.05, 0) is 38.5 Å². The van der Waals surface area contributed by atoms with Gasteiger partial charge >= 0.3 is 12.1 Å². The molecular weight excluding hydrogens is 290 g/mol. The molecule has 1 aromatic carbocycles. The Bertz CT molecular complexity index is 549. The zero-order chi connectivity index (χ0) is 16.9. The molecule has 1 atom stereocenters. The number of nitrogens with one attached hydrogen (secondary N) is 1. The third kappa shape index (κ3) is 4.83. The topological polar surface area (TPSA) is 94.1 Å². The van der Waals surface area contributed by atoms with Crippen LogP contribution in [0.1, 0.15) is 32.4 Å². The Morgan fingerprint density at radius 1 is 1.23 bits per heavy atom. The van der Waals surface area contributed by atoms with Crippen molar-refractivity contribution in [3.63, 3.8) is 0 Å². The highest BCUT2D eigenvalue weighted by molar-refractivity contribution is 5.83. The number of phenols is 1. The van der Waals surface area contributed by atoms with Gasteiger partial charge in [0.05, 0.1) is 14.2 Å². The van der Waals surface area contributed by atoms with E-state index < -0.39 is 23.7 Å². The summed E-state index contributed by atoms with van der Waals surface area (Å²) >= 11 is 0. The van der Waals surface area contributed by atoms with Gasteiger partial charge in [0.1, 0.15) is 5.60 Å². The predicted molar refractivity (Wildman–Crippen MR) is 78.8 cm³/mol. The number of hydrogen-bond acceptors (Lipinski definition) is 6. The van der Waals surface area contributed by atoms with Crippen molar-refractivity contribution in [1.82, 2.24) is 5.32 Å². The Balaban J connectivity index is 3.04. The van der Waals surface area contributed by atoms with Crippen LogP contribution in [-0.4, -0.2) is 37.0 Å². The quantitative estimate of drug-likeness (QED) is 0.827. The molecule has 0 saturated heterocycles. The van der Waals surface area contributed by atoms with E-state index in [1.165, 1.54) is 32.4 Å². The molecule has 0 spiro atoms. The zero-order valence-electron chi connectivity index (χ0n) is 13.3. The Morgan fingerprint density at radius 2 is 1.86 bits per heavy atom. The summed E-state index contributed by atoms with van der Waals surface area (Å²) in [6.45, 7) is 5.13. The minimum atomic E-state index is -1.07. The lowest BCUT2D eigenvalue weighted by Gasteiger charge is -2.23. The summed E-state index contributed by atoms with van der Waals surface area (Å²) in [4.78, 5) is 23.8. The smallest absolute Gasteiger partial charge is 0.408 e. The minimum Gasteiger partial charge on any atom is -0.504 e. The molecule has 0 heterocycles. The first-order valence-corrected chi connectivity index (χ1v) is 6.62. The van der Waals surface area contributed by atoms with E-state index in [-0.39, 0.29) is 11.5 Å². The number of aromatic hydroxyl groups is 1. The minimum absolute atomic E-state index is 0.0767. The second kappa shape index (κ2) is 7.02. The number of hydrogen-bond donors (Lipinski definition) is 2. The Morgan fingerprint density at radius 3 is 2.36 bits per heavy atom. The van der Waals surface area contributed by atoms with Gasteiger partial charge in [-0.25, -0.2) is 9.59 Å². The van der Waals surface area contributed by atoms with Crippen LogP contribution in [0, 0.1) is 0 Å². The molecule has 0 aliphatic heterocycles. The summed E-state index contributed by atoms with van der Waals surface area (Å²) < 4.78 is 14.8. The number of amides is 1. The van der Waals surface area contributed by atoms with Gasteiger partial charge in [0.2, 0.25) is 0 Å². The molecule has 122 valence electrons. The number of methoxy groups -OCH3 is 2. The molecule has 22 heavy (non-hydrogen) atoms. The number of esters is 1. The highest BCUT2D eigenvalue weighted by atomic mass is 16.6. The van der Waals surface area contributed by atoms with E-state index in [0.717, 1.165) is 0 Å². The Kier molecular flexibility index (Phi) is 5.62. The number of phenolic OH excluding ortho intramolecular Hbond substituents is 1. The van der Waals surface area contributed by atoms with Crippen LogP contribution in [0.25, 0.3) is 0 Å². The van der Waals surface area contributed by atoms with E-state index in [2.05, 4.69) is 10.1 Å². The van der Waals surface area contributed by atoms with E-state index in [9.17, 15) is 14.7 Å². The molecular formula is C15H21NO6. The van der Waals surface area contributed by atoms with Crippen LogP contribution < -0.4 is 10.1 Å². The zero-order valence-corrected chi connectivity index (χ0v) is 13.3. The highest BCUT2D eigenvalue weighted by Gasteiger charge is 2.27. The molecule has 2 N–H and O–H groups in total. The lowest BCUT2D eigenvalue weighted by molar-refractivity contribution is -0.143. The van der Waals surface area contributed by atoms with Crippen LogP contribution in [0.4, 0.5) is 4.79 Å². The van der Waals surface area contributed by atoms with Gasteiger partial charge in [-0.2, -0.15) is 0 Å². The molecule has 0 saturated carbocycles. The first-order valence-electron chi connectivity index (χ1n) is 6.62. The summed E-state index contributed by atoms with van der Waals surface area (Å²) in [5, 5.41) is 12.0. The molecule has 0 fully saturated rings. The molecule has 7 heteroatoms. The second-order valence-electron chi connectivity index (χ2n) is 5.53. The van der Waals surface area contributed by atoms with Crippen molar-refractivity contribution in [1.29, 1.82) is 0 Å². The van der Waals surface area contributed by atoms with Gasteiger partial charge in [-0.3, -0.25) is 0 Å². The summed E-state index contributed by atoms with van der Waals surface area (Å²) in [5.74, 6) is -0.567. The average Bonchev–Trinajstić information content (AvgIpc) is 2.43. The van der Waals surface area contributed by atoms with Crippen LogP contribution in [-0.2, 0) is 14.3 Å². The number of benzene rings is 1. The normalized spacial score (nSPS) is 12.2. The fourth-order valence-corrected chi connectivity index (χ4v) is 1.70. The van der Waals surface area contributed by atoms with E-state index in [0.29, 0.717) is 5.56 Å². The highest BCUT2D eigenvalue weighted by Crippen LogP contribution is 2.29. The van der Waals surface area contributed by atoms with E-state index >= 15 is 0 Å². The second-order valence-corrected chi connectivity index (χ2v) is 5.53. The summed E-state index contributed by atoms with van der Waals surface area (Å²) in [6, 6.07) is 3.21. The van der Waals surface area contributed by atoms with Crippen molar-refractivity contribution < 1.29 is 28.9 Å². The summed E-state index contributed by atoms with van der Waals surface area (Å²) in [7, 11) is 2.59. The monoisotopic (exact) mass is 311 g/mol. The van der Waals surface area contributed by atoms with Gasteiger partial charge in [0.15, 0.2) is 17.5 Å². The van der Waals surface area contributed by atoms with Gasteiger partial charge < -0.3 is 24.6 Å². The number of ether oxygens (including phenoxy) is 3. The van der Waals surface area contributed by atoms with Crippen molar-refractivity contribution in [3.05, 3.63) is 23.8 Å². The molecule has 0 aromatic heterocycles. The van der Waals surface area contributed by atoms with Crippen LogP contribution in [0.2, 0.25) is 0 Å². The average molecular weight is 311 g/mol. The number of carbonyl (C=O) groups is 2. The lowest BCUT2D eigenvalue weighted by atomic mass is 10.1. The maximum absolute atomic E-state index is 11.9. The number of rotatable bonds is 4. The Labute approximate surface area is 129 Å². The molecule has 0 radical (unpaired) electrons. The predicted octanol–water partition coefficient (Wildman–Crippen LogP) is 2.14.